The fourth-order valence-corrected chi connectivity index (χ4v) is 8.19. The van der Waals surface area contributed by atoms with Crippen LogP contribution in [0.1, 0.15) is 189 Å². The molecule has 1 N–H and O–H groups in total. The molecule has 5 heteroatoms. The van der Waals surface area contributed by atoms with Gasteiger partial charge in [0.05, 0.1) is 18.8 Å². The second kappa shape index (κ2) is 33.2. The molecule has 3 fully saturated rings. The van der Waals surface area contributed by atoms with Crippen LogP contribution in [0.4, 0.5) is 0 Å². The Morgan fingerprint density at radius 1 is 0.574 bits per heavy atom. The summed E-state index contributed by atoms with van der Waals surface area (Å²) in [6.45, 7) is 23.4. The van der Waals surface area contributed by atoms with E-state index in [0.717, 1.165) is 61.3 Å². The Morgan fingerprint density at radius 2 is 0.984 bits per heavy atom. The van der Waals surface area contributed by atoms with Crippen LogP contribution in [0.15, 0.2) is 72.8 Å². The molecule has 0 aromatic heterocycles. The maximum absolute atomic E-state index is 10.9. The van der Waals surface area contributed by atoms with Crippen LogP contribution in [-0.2, 0) is 20.7 Å². The van der Waals surface area contributed by atoms with E-state index in [4.69, 9.17) is 4.74 Å². The van der Waals surface area contributed by atoms with E-state index in [-0.39, 0.29) is 18.0 Å². The molecule has 3 aliphatic rings. The first-order chi connectivity index (χ1) is 29.1. The van der Waals surface area contributed by atoms with Crippen molar-refractivity contribution in [2.45, 2.75) is 198 Å². The Hall–Kier alpha value is -3.44. The van der Waals surface area contributed by atoms with E-state index in [9.17, 15) is 14.7 Å². The number of ether oxygens (including phenoxy) is 2. The first-order valence-corrected chi connectivity index (χ1v) is 24.2. The van der Waals surface area contributed by atoms with Gasteiger partial charge >= 0.3 is 11.9 Å². The number of rotatable bonds is 8. The first kappa shape index (κ1) is 55.6. The smallest absolute Gasteiger partial charge is 0.337 e. The second-order valence-corrected chi connectivity index (χ2v) is 18.6. The Balaban J connectivity index is 0.000000370. The number of carbonyl (C=O) groups excluding carboxylic acids is 2. The number of hydrogen-bond donors (Lipinski definition) is 1. The molecule has 0 saturated heterocycles. The summed E-state index contributed by atoms with van der Waals surface area (Å²) in [5.74, 6) is 3.89. The highest BCUT2D eigenvalue weighted by Crippen LogP contribution is 2.31. The molecule has 3 aromatic rings. The molecule has 0 bridgehead atoms. The Morgan fingerprint density at radius 3 is 1.38 bits per heavy atom. The van der Waals surface area contributed by atoms with Crippen molar-refractivity contribution in [2.24, 2.45) is 29.6 Å². The van der Waals surface area contributed by atoms with Gasteiger partial charge in [0.15, 0.2) is 0 Å². The van der Waals surface area contributed by atoms with Crippen molar-refractivity contribution in [3.05, 3.63) is 106 Å². The monoisotopic (exact) mass is 843 g/mol. The zero-order valence-corrected chi connectivity index (χ0v) is 41.1. The SMILES string of the molecule is CC1CCC(C)CC1.CCCC1CCC(C)CC1.CCCC1CCCC(OC(C)=O)C1O.CCCc1ccc(C)cc1.COC(=O)c1ccc(C)cc1.Cc1ccc(C)cc1. The minimum atomic E-state index is -0.451. The molecule has 3 saturated carbocycles. The number of carbonyl (C=O) groups is 2. The van der Waals surface area contributed by atoms with Crippen LogP contribution in [0, 0.1) is 57.3 Å². The van der Waals surface area contributed by atoms with E-state index in [1.807, 2.05) is 19.1 Å². The quantitative estimate of drug-likeness (QED) is 0.229. The molecule has 0 aliphatic heterocycles. The molecular weight excluding hydrogens is 753 g/mol. The van der Waals surface area contributed by atoms with Gasteiger partial charge in [0.2, 0.25) is 0 Å². The van der Waals surface area contributed by atoms with Gasteiger partial charge in [0, 0.05) is 6.92 Å². The van der Waals surface area contributed by atoms with Crippen molar-refractivity contribution in [1.29, 1.82) is 0 Å². The van der Waals surface area contributed by atoms with Gasteiger partial charge < -0.3 is 14.6 Å². The van der Waals surface area contributed by atoms with Crippen LogP contribution in [-0.4, -0.2) is 36.4 Å². The summed E-state index contributed by atoms with van der Waals surface area (Å²) in [6, 6.07) is 24.5. The van der Waals surface area contributed by atoms with Gasteiger partial charge in [-0.1, -0.05) is 202 Å². The zero-order chi connectivity index (χ0) is 45.6. The summed E-state index contributed by atoms with van der Waals surface area (Å²) in [6.07, 6.45) is 21.5. The zero-order valence-electron chi connectivity index (χ0n) is 41.1. The molecule has 3 aliphatic carbocycles. The van der Waals surface area contributed by atoms with E-state index in [1.165, 1.54) is 113 Å². The number of aryl methyl sites for hydroxylation is 5. The van der Waals surface area contributed by atoms with Crippen LogP contribution in [0.2, 0.25) is 0 Å². The van der Waals surface area contributed by atoms with Gasteiger partial charge in [-0.25, -0.2) is 4.79 Å². The van der Waals surface area contributed by atoms with Crippen molar-refractivity contribution in [3.8, 4) is 0 Å². The largest absolute Gasteiger partial charge is 0.465 e. The molecule has 0 spiro atoms. The maximum Gasteiger partial charge on any atom is 0.337 e. The highest BCUT2D eigenvalue weighted by atomic mass is 16.6. The van der Waals surface area contributed by atoms with Crippen LogP contribution in [0.25, 0.3) is 0 Å². The molecule has 3 unspecified atom stereocenters. The van der Waals surface area contributed by atoms with E-state index in [1.54, 1.807) is 12.1 Å². The van der Waals surface area contributed by atoms with E-state index < -0.39 is 6.10 Å². The molecule has 3 atom stereocenters. The second-order valence-electron chi connectivity index (χ2n) is 18.6. The molecular formula is C56H90O5. The molecule has 5 nitrogen and oxygen atoms in total. The van der Waals surface area contributed by atoms with Crippen molar-refractivity contribution in [2.75, 3.05) is 7.11 Å². The van der Waals surface area contributed by atoms with Gasteiger partial charge in [-0.15, -0.1) is 0 Å². The number of hydrogen-bond acceptors (Lipinski definition) is 5. The number of aliphatic hydroxyl groups is 1. The van der Waals surface area contributed by atoms with Crippen molar-refractivity contribution in [3.63, 3.8) is 0 Å². The predicted molar refractivity (Wildman–Crippen MR) is 260 cm³/mol. The lowest BCUT2D eigenvalue weighted by Gasteiger charge is -2.33. The van der Waals surface area contributed by atoms with E-state index in [0.29, 0.717) is 11.5 Å². The van der Waals surface area contributed by atoms with Gasteiger partial charge in [0.1, 0.15) is 6.10 Å². The molecule has 61 heavy (non-hydrogen) atoms. The van der Waals surface area contributed by atoms with E-state index in [2.05, 4.69) is 116 Å². The Bertz CT molecular complexity index is 1480. The van der Waals surface area contributed by atoms with Gasteiger partial charge in [0.25, 0.3) is 0 Å². The van der Waals surface area contributed by atoms with Crippen molar-refractivity contribution in [1.82, 2.24) is 0 Å². The topological polar surface area (TPSA) is 72.8 Å². The summed E-state index contributed by atoms with van der Waals surface area (Å²) in [5, 5.41) is 9.93. The molecule has 3 aromatic carbocycles. The average molecular weight is 843 g/mol. The predicted octanol–water partition coefficient (Wildman–Crippen LogP) is 15.4. The third kappa shape index (κ3) is 26.6. The summed E-state index contributed by atoms with van der Waals surface area (Å²) in [5.41, 5.74) is 7.19. The summed E-state index contributed by atoms with van der Waals surface area (Å²) < 4.78 is 9.63. The minimum Gasteiger partial charge on any atom is -0.465 e. The Labute approximate surface area is 375 Å². The molecule has 344 valence electrons. The summed E-state index contributed by atoms with van der Waals surface area (Å²) in [4.78, 5) is 21.7. The van der Waals surface area contributed by atoms with Gasteiger partial charge in [-0.2, -0.15) is 0 Å². The lowest BCUT2D eigenvalue weighted by atomic mass is 9.81. The first-order valence-electron chi connectivity index (χ1n) is 24.2. The molecule has 0 radical (unpaired) electrons. The fourth-order valence-electron chi connectivity index (χ4n) is 8.19. The van der Waals surface area contributed by atoms with Crippen molar-refractivity contribution >= 4 is 11.9 Å². The van der Waals surface area contributed by atoms with Gasteiger partial charge in [-0.05, 0) is 107 Å². The number of methoxy groups -OCH3 is 1. The van der Waals surface area contributed by atoms with Crippen LogP contribution in [0.3, 0.4) is 0 Å². The normalized spacial score (nSPS) is 22.8. The minimum absolute atomic E-state index is 0.266. The van der Waals surface area contributed by atoms with Crippen molar-refractivity contribution < 1.29 is 24.2 Å². The number of esters is 2. The highest BCUT2D eigenvalue weighted by Gasteiger charge is 2.33. The summed E-state index contributed by atoms with van der Waals surface area (Å²) in [7, 11) is 1.38. The standard InChI is InChI=1S/C11H20O3.C10H20.C10H14.C9H10O2.C8H16.C8H10/c1-3-5-9-6-4-7-10(11(9)13)14-8(2)12;2*1-3-4-10-7-5-9(2)6-8-10;1-7-3-5-8(6-4-7)9(10)11-2;2*1-7-3-5-8(2)6-4-7/h9-11,13H,3-7H2,1-2H3;9-10H,3-8H2,1-2H3;5-8H,3-4H2,1-2H3;3-6H,1-2H3;7-8H,3-6H2,1-2H3;3-6H,1-2H3. The van der Waals surface area contributed by atoms with Gasteiger partial charge in [-0.3, -0.25) is 4.79 Å². The van der Waals surface area contributed by atoms with E-state index >= 15 is 0 Å². The summed E-state index contributed by atoms with van der Waals surface area (Å²) >= 11 is 0. The van der Waals surface area contributed by atoms with Crippen LogP contribution < -0.4 is 0 Å². The van der Waals surface area contributed by atoms with Crippen LogP contribution in [0.5, 0.6) is 0 Å². The van der Waals surface area contributed by atoms with Crippen LogP contribution >= 0.6 is 0 Å². The average Bonchev–Trinajstić information content (AvgIpc) is 3.24. The Kier molecular flexibility index (Phi) is 30.2. The molecule has 6 rings (SSSR count). The highest BCUT2D eigenvalue weighted by molar-refractivity contribution is 5.89. The lowest BCUT2D eigenvalue weighted by molar-refractivity contribution is -0.158. The number of benzene rings is 3. The lowest BCUT2D eigenvalue weighted by Crippen LogP contribution is -2.40. The third-order valence-electron chi connectivity index (χ3n) is 12.4. The maximum atomic E-state index is 10.9. The fraction of sp³-hybridized carbons (Fsp3) is 0.643. The third-order valence-corrected chi connectivity index (χ3v) is 12.4. The number of aliphatic hydroxyl groups excluding tert-OH is 1. The molecule has 0 amide bonds. The molecule has 0 heterocycles.